The van der Waals surface area contributed by atoms with E-state index in [9.17, 15) is 14.7 Å². The van der Waals surface area contributed by atoms with Crippen molar-refractivity contribution in [2.24, 2.45) is 5.41 Å². The van der Waals surface area contributed by atoms with E-state index in [1.807, 2.05) is 13.8 Å². The number of hydrogen-bond donors (Lipinski definition) is 1. The predicted octanol–water partition coefficient (Wildman–Crippen LogP) is 1.19. The number of rotatable bonds is 2. The Kier molecular flexibility index (Phi) is 3.50. The molecule has 2 heterocycles. The van der Waals surface area contributed by atoms with E-state index < -0.39 is 17.4 Å². The normalized spacial score (nSPS) is 22.0. The molecule has 1 saturated heterocycles. The summed E-state index contributed by atoms with van der Waals surface area (Å²) in [5, 5.41) is 9.41. The third-order valence-electron chi connectivity index (χ3n) is 3.57. The number of aromatic nitrogens is 2. The lowest BCUT2D eigenvalue weighted by Gasteiger charge is -2.43. The summed E-state index contributed by atoms with van der Waals surface area (Å²) < 4.78 is 0. The van der Waals surface area contributed by atoms with Crippen LogP contribution in [0.1, 0.15) is 37.0 Å². The van der Waals surface area contributed by atoms with Crippen molar-refractivity contribution >= 4 is 11.9 Å². The molecule has 0 aromatic carbocycles. The average molecular weight is 263 g/mol. The monoisotopic (exact) mass is 263 g/mol. The van der Waals surface area contributed by atoms with E-state index in [-0.39, 0.29) is 5.91 Å². The molecule has 1 aromatic rings. The molecule has 1 aromatic heterocycles. The van der Waals surface area contributed by atoms with Crippen LogP contribution in [0.5, 0.6) is 0 Å². The smallest absolute Gasteiger partial charge is 0.326 e. The zero-order valence-corrected chi connectivity index (χ0v) is 11.0. The van der Waals surface area contributed by atoms with E-state index in [4.69, 9.17) is 0 Å². The minimum atomic E-state index is -0.963. The van der Waals surface area contributed by atoms with Gasteiger partial charge in [0.2, 0.25) is 0 Å². The van der Waals surface area contributed by atoms with E-state index in [1.165, 1.54) is 23.6 Å². The predicted molar refractivity (Wildman–Crippen MR) is 67.5 cm³/mol. The summed E-state index contributed by atoms with van der Waals surface area (Å²) in [5.41, 5.74) is -0.110. The molecule has 1 aliphatic heterocycles. The molecule has 1 atom stereocenters. The molecule has 6 nitrogen and oxygen atoms in total. The molecule has 0 radical (unpaired) electrons. The Morgan fingerprint density at radius 3 is 2.58 bits per heavy atom. The van der Waals surface area contributed by atoms with Gasteiger partial charge in [-0.2, -0.15) is 0 Å². The van der Waals surface area contributed by atoms with Crippen LogP contribution in [0.4, 0.5) is 0 Å². The standard InChI is InChI=1S/C13H17N3O3/c1-13(2)4-3-5-16(10(13)12(18)19)11(17)9-6-14-8-15-7-9/h6-8,10H,3-5H2,1-2H3,(H,18,19). The van der Waals surface area contributed by atoms with Gasteiger partial charge in [0.1, 0.15) is 12.4 Å². The Bertz CT molecular complexity index is 487. The highest BCUT2D eigenvalue weighted by Gasteiger charge is 2.44. The summed E-state index contributed by atoms with van der Waals surface area (Å²) in [6, 6.07) is -0.811. The van der Waals surface area contributed by atoms with Crippen molar-refractivity contribution in [1.29, 1.82) is 0 Å². The second kappa shape index (κ2) is 4.95. The van der Waals surface area contributed by atoms with Gasteiger partial charge in [-0.3, -0.25) is 4.79 Å². The van der Waals surface area contributed by atoms with Gasteiger partial charge >= 0.3 is 5.97 Å². The van der Waals surface area contributed by atoms with Gasteiger partial charge in [0, 0.05) is 18.9 Å². The van der Waals surface area contributed by atoms with Crippen LogP contribution in [0.3, 0.4) is 0 Å². The summed E-state index contributed by atoms with van der Waals surface area (Å²) in [4.78, 5) is 32.9. The first-order valence-corrected chi connectivity index (χ1v) is 6.22. The summed E-state index contributed by atoms with van der Waals surface area (Å²) >= 11 is 0. The third-order valence-corrected chi connectivity index (χ3v) is 3.57. The largest absolute Gasteiger partial charge is 0.480 e. The molecule has 0 bridgehead atoms. The molecule has 1 N–H and O–H groups in total. The number of likely N-dealkylation sites (tertiary alicyclic amines) is 1. The molecule has 102 valence electrons. The summed E-state index contributed by atoms with van der Waals surface area (Å²) in [7, 11) is 0. The number of carboxylic acids is 1. The Morgan fingerprint density at radius 2 is 2.00 bits per heavy atom. The maximum absolute atomic E-state index is 12.4. The van der Waals surface area contributed by atoms with Gasteiger partial charge in [0.05, 0.1) is 5.56 Å². The van der Waals surface area contributed by atoms with Gasteiger partial charge in [0.25, 0.3) is 5.91 Å². The van der Waals surface area contributed by atoms with Crippen LogP contribution in [0.15, 0.2) is 18.7 Å². The highest BCUT2D eigenvalue weighted by molar-refractivity contribution is 5.96. The maximum atomic E-state index is 12.4. The fourth-order valence-corrected chi connectivity index (χ4v) is 2.65. The fraction of sp³-hybridized carbons (Fsp3) is 0.538. The molecule has 0 spiro atoms. The lowest BCUT2D eigenvalue weighted by atomic mass is 9.76. The number of amides is 1. The molecule has 6 heteroatoms. The van der Waals surface area contributed by atoms with E-state index in [0.717, 1.165) is 12.8 Å². The van der Waals surface area contributed by atoms with E-state index >= 15 is 0 Å². The molecule has 1 unspecified atom stereocenters. The minimum absolute atomic E-state index is 0.319. The van der Waals surface area contributed by atoms with Gasteiger partial charge in [0.15, 0.2) is 0 Å². The van der Waals surface area contributed by atoms with Crippen molar-refractivity contribution < 1.29 is 14.7 Å². The Hall–Kier alpha value is -1.98. The van der Waals surface area contributed by atoms with Crippen molar-refractivity contribution in [3.05, 3.63) is 24.3 Å². The fourth-order valence-electron chi connectivity index (χ4n) is 2.65. The highest BCUT2D eigenvalue weighted by atomic mass is 16.4. The number of aliphatic carboxylic acids is 1. The van der Waals surface area contributed by atoms with Crippen LogP contribution in [0, 0.1) is 5.41 Å². The number of hydrogen-bond acceptors (Lipinski definition) is 4. The number of carbonyl (C=O) groups is 2. The molecular formula is C13H17N3O3. The third kappa shape index (κ3) is 2.57. The van der Waals surface area contributed by atoms with Crippen LogP contribution in [-0.2, 0) is 4.79 Å². The number of nitrogens with zero attached hydrogens (tertiary/aromatic N) is 3. The lowest BCUT2D eigenvalue weighted by Crippen LogP contribution is -2.56. The highest BCUT2D eigenvalue weighted by Crippen LogP contribution is 2.35. The molecule has 19 heavy (non-hydrogen) atoms. The van der Waals surface area contributed by atoms with E-state index in [2.05, 4.69) is 9.97 Å². The summed E-state index contributed by atoms with van der Waals surface area (Å²) in [5.74, 6) is -1.28. The number of piperidine rings is 1. The SMILES string of the molecule is CC1(C)CCCN(C(=O)c2cncnc2)C1C(=O)O. The van der Waals surface area contributed by atoms with Crippen molar-refractivity contribution in [3.63, 3.8) is 0 Å². The van der Waals surface area contributed by atoms with Crippen LogP contribution in [0.25, 0.3) is 0 Å². The molecule has 0 saturated carbocycles. The molecule has 0 aliphatic carbocycles. The Balaban J connectivity index is 2.32. The Morgan fingerprint density at radius 1 is 1.37 bits per heavy atom. The van der Waals surface area contributed by atoms with Gasteiger partial charge in [-0.1, -0.05) is 13.8 Å². The number of carboxylic acid groups (broad SMARTS) is 1. The zero-order chi connectivity index (χ0) is 14.0. The van der Waals surface area contributed by atoms with Crippen LogP contribution >= 0.6 is 0 Å². The van der Waals surface area contributed by atoms with E-state index in [0.29, 0.717) is 12.1 Å². The van der Waals surface area contributed by atoms with Gasteiger partial charge in [-0.05, 0) is 18.3 Å². The molecule has 1 fully saturated rings. The zero-order valence-electron chi connectivity index (χ0n) is 11.0. The topological polar surface area (TPSA) is 83.4 Å². The molecule has 2 rings (SSSR count). The van der Waals surface area contributed by atoms with Crippen LogP contribution in [0.2, 0.25) is 0 Å². The molecular weight excluding hydrogens is 246 g/mol. The molecule has 1 amide bonds. The minimum Gasteiger partial charge on any atom is -0.480 e. The van der Waals surface area contributed by atoms with Crippen molar-refractivity contribution in [1.82, 2.24) is 14.9 Å². The second-order valence-corrected chi connectivity index (χ2v) is 5.46. The lowest BCUT2D eigenvalue weighted by molar-refractivity contribution is -0.148. The quantitative estimate of drug-likeness (QED) is 0.866. The summed E-state index contributed by atoms with van der Waals surface area (Å²) in [6.07, 6.45) is 5.76. The van der Waals surface area contributed by atoms with Gasteiger partial charge < -0.3 is 10.0 Å². The van der Waals surface area contributed by atoms with Crippen molar-refractivity contribution in [2.75, 3.05) is 6.54 Å². The van der Waals surface area contributed by atoms with Crippen LogP contribution < -0.4 is 0 Å². The van der Waals surface area contributed by atoms with E-state index in [1.54, 1.807) is 0 Å². The van der Waals surface area contributed by atoms with Gasteiger partial charge in [-0.25, -0.2) is 14.8 Å². The Labute approximate surface area is 111 Å². The van der Waals surface area contributed by atoms with Crippen molar-refractivity contribution in [3.8, 4) is 0 Å². The first kappa shape index (κ1) is 13.5. The van der Waals surface area contributed by atoms with Gasteiger partial charge in [-0.15, -0.1) is 0 Å². The number of carbonyl (C=O) groups excluding carboxylic acids is 1. The van der Waals surface area contributed by atoms with Crippen molar-refractivity contribution in [2.45, 2.75) is 32.7 Å². The first-order chi connectivity index (χ1) is 8.93. The summed E-state index contributed by atoms with van der Waals surface area (Å²) in [6.45, 7) is 4.22. The first-order valence-electron chi connectivity index (χ1n) is 6.22. The average Bonchev–Trinajstić information content (AvgIpc) is 2.37. The molecule has 1 aliphatic rings. The second-order valence-electron chi connectivity index (χ2n) is 5.46. The maximum Gasteiger partial charge on any atom is 0.326 e. The van der Waals surface area contributed by atoms with Crippen LogP contribution in [-0.4, -0.2) is 44.4 Å².